The Morgan fingerprint density at radius 3 is 2.23 bits per heavy atom. The number of hydrogen-bond acceptors (Lipinski definition) is 4. The fourth-order valence-electron chi connectivity index (χ4n) is 3.06. The Hall–Kier alpha value is -3.67. The number of aromatic nitrogens is 1. The molecule has 2 amide bonds. The Balaban J connectivity index is 1.60. The van der Waals surface area contributed by atoms with Gasteiger partial charge in [-0.15, -0.1) is 0 Å². The molecule has 0 aliphatic carbocycles. The Kier molecular flexibility index (Phi) is 8.17. The molecule has 0 bridgehead atoms. The molecule has 3 aromatic rings. The molecule has 1 unspecified atom stereocenters. The first kappa shape index (κ1) is 22.0. The number of esters is 1. The number of hydrogen-bond donors (Lipinski definition) is 1. The van der Waals surface area contributed by atoms with Gasteiger partial charge in [0.1, 0.15) is 12.6 Å². The molecule has 0 aliphatic heterocycles. The molecule has 6 nitrogen and oxygen atoms in total. The third-order valence-corrected chi connectivity index (χ3v) is 4.86. The highest BCUT2D eigenvalue weighted by atomic mass is 16.5. The standard InChI is InChI=1S/C25H27N3O3/c1-28(17-15-22-14-8-9-16-26-22)25(30)27-23(18-20-10-4-2-5-11-20)24(29)31-19-21-12-6-3-7-13-21/h2-14,16,23H,15,17-19H2,1H3,(H,27,30). The van der Waals surface area contributed by atoms with Crippen LogP contribution in [-0.2, 0) is 29.0 Å². The Morgan fingerprint density at radius 1 is 0.935 bits per heavy atom. The summed E-state index contributed by atoms with van der Waals surface area (Å²) in [5.41, 5.74) is 2.75. The molecule has 1 N–H and O–H groups in total. The lowest BCUT2D eigenvalue weighted by Gasteiger charge is -2.23. The van der Waals surface area contributed by atoms with Gasteiger partial charge in [-0.25, -0.2) is 9.59 Å². The highest BCUT2D eigenvalue weighted by Crippen LogP contribution is 2.08. The second-order valence-corrected chi connectivity index (χ2v) is 7.28. The molecule has 1 heterocycles. The quantitative estimate of drug-likeness (QED) is 0.540. The number of pyridine rings is 1. The highest BCUT2D eigenvalue weighted by molar-refractivity contribution is 5.83. The fraction of sp³-hybridized carbons (Fsp3) is 0.240. The van der Waals surface area contributed by atoms with Gasteiger partial charge in [-0.3, -0.25) is 4.98 Å². The second-order valence-electron chi connectivity index (χ2n) is 7.28. The Morgan fingerprint density at radius 2 is 1.58 bits per heavy atom. The summed E-state index contributed by atoms with van der Waals surface area (Å²) < 4.78 is 5.49. The van der Waals surface area contributed by atoms with Gasteiger partial charge in [0.05, 0.1) is 0 Å². The molecule has 0 fully saturated rings. The highest BCUT2D eigenvalue weighted by Gasteiger charge is 2.24. The minimum atomic E-state index is -0.782. The van der Waals surface area contributed by atoms with Gasteiger partial charge >= 0.3 is 12.0 Å². The number of urea groups is 1. The van der Waals surface area contributed by atoms with E-state index in [0.29, 0.717) is 19.4 Å². The number of nitrogens with zero attached hydrogens (tertiary/aromatic N) is 2. The van der Waals surface area contributed by atoms with Crippen LogP contribution in [0.1, 0.15) is 16.8 Å². The average Bonchev–Trinajstić information content (AvgIpc) is 2.82. The number of amides is 2. The first-order valence-electron chi connectivity index (χ1n) is 10.3. The van der Waals surface area contributed by atoms with Gasteiger partial charge in [-0.1, -0.05) is 66.7 Å². The van der Waals surface area contributed by atoms with Crippen LogP contribution in [0, 0.1) is 0 Å². The van der Waals surface area contributed by atoms with Crippen LogP contribution >= 0.6 is 0 Å². The number of carbonyl (C=O) groups is 2. The summed E-state index contributed by atoms with van der Waals surface area (Å²) in [5.74, 6) is -0.459. The maximum Gasteiger partial charge on any atom is 0.329 e. The minimum Gasteiger partial charge on any atom is -0.459 e. The number of rotatable bonds is 9. The van der Waals surface area contributed by atoms with E-state index in [9.17, 15) is 9.59 Å². The van der Waals surface area contributed by atoms with Crippen molar-refractivity contribution in [2.45, 2.75) is 25.5 Å². The van der Waals surface area contributed by atoms with E-state index < -0.39 is 12.0 Å². The summed E-state index contributed by atoms with van der Waals surface area (Å²) >= 11 is 0. The van der Waals surface area contributed by atoms with Gasteiger partial charge in [-0.05, 0) is 23.3 Å². The lowest BCUT2D eigenvalue weighted by atomic mass is 10.1. The molecule has 31 heavy (non-hydrogen) atoms. The van der Waals surface area contributed by atoms with E-state index in [1.807, 2.05) is 78.9 Å². The predicted molar refractivity (Wildman–Crippen MR) is 119 cm³/mol. The zero-order chi connectivity index (χ0) is 21.9. The smallest absolute Gasteiger partial charge is 0.329 e. The van der Waals surface area contributed by atoms with E-state index in [-0.39, 0.29) is 12.6 Å². The van der Waals surface area contributed by atoms with E-state index >= 15 is 0 Å². The monoisotopic (exact) mass is 417 g/mol. The van der Waals surface area contributed by atoms with Crippen molar-refractivity contribution in [3.63, 3.8) is 0 Å². The van der Waals surface area contributed by atoms with E-state index in [0.717, 1.165) is 16.8 Å². The normalized spacial score (nSPS) is 11.4. The van der Waals surface area contributed by atoms with Crippen molar-refractivity contribution in [3.05, 3.63) is 102 Å². The number of ether oxygens (including phenoxy) is 1. The predicted octanol–water partition coefficient (Wildman–Crippen LogP) is 3.62. The average molecular weight is 418 g/mol. The van der Waals surface area contributed by atoms with Crippen molar-refractivity contribution in [2.75, 3.05) is 13.6 Å². The lowest BCUT2D eigenvalue weighted by molar-refractivity contribution is -0.147. The molecule has 0 saturated carbocycles. The molecule has 0 radical (unpaired) electrons. The first-order chi connectivity index (χ1) is 15.1. The van der Waals surface area contributed by atoms with Crippen LogP contribution in [0.5, 0.6) is 0 Å². The molecule has 0 aliphatic rings. The zero-order valence-corrected chi connectivity index (χ0v) is 17.6. The SMILES string of the molecule is CN(CCc1ccccn1)C(=O)NC(Cc1ccccc1)C(=O)OCc1ccccc1. The van der Waals surface area contributed by atoms with E-state index in [4.69, 9.17) is 4.74 Å². The van der Waals surface area contributed by atoms with Gasteiger partial charge in [-0.2, -0.15) is 0 Å². The van der Waals surface area contributed by atoms with Crippen molar-refractivity contribution in [1.29, 1.82) is 0 Å². The maximum atomic E-state index is 12.8. The van der Waals surface area contributed by atoms with Crippen molar-refractivity contribution < 1.29 is 14.3 Å². The van der Waals surface area contributed by atoms with E-state index in [2.05, 4.69) is 10.3 Å². The van der Waals surface area contributed by atoms with Gasteiger partial charge in [0.15, 0.2) is 0 Å². The molecule has 1 atom stereocenters. The molecular weight excluding hydrogens is 390 g/mol. The van der Waals surface area contributed by atoms with Crippen LogP contribution in [0.4, 0.5) is 4.79 Å². The number of benzene rings is 2. The van der Waals surface area contributed by atoms with E-state index in [1.54, 1.807) is 18.1 Å². The van der Waals surface area contributed by atoms with Crippen molar-refractivity contribution in [2.24, 2.45) is 0 Å². The molecule has 1 aromatic heterocycles. The van der Waals surface area contributed by atoms with Gasteiger partial charge < -0.3 is 15.0 Å². The Labute approximate surface area is 182 Å². The summed E-state index contributed by atoms with van der Waals surface area (Å²) in [6.07, 6.45) is 2.72. The largest absolute Gasteiger partial charge is 0.459 e. The van der Waals surface area contributed by atoms with Crippen LogP contribution < -0.4 is 5.32 Å². The molecule has 0 spiro atoms. The zero-order valence-electron chi connectivity index (χ0n) is 17.6. The maximum absolute atomic E-state index is 12.8. The summed E-state index contributed by atoms with van der Waals surface area (Å²) in [7, 11) is 1.70. The van der Waals surface area contributed by atoms with Crippen LogP contribution in [0.15, 0.2) is 85.1 Å². The summed E-state index contributed by atoms with van der Waals surface area (Å²) in [6.45, 7) is 0.649. The van der Waals surface area contributed by atoms with Crippen LogP contribution in [0.3, 0.4) is 0 Å². The third-order valence-electron chi connectivity index (χ3n) is 4.86. The number of carbonyl (C=O) groups excluding carboxylic acids is 2. The van der Waals surface area contributed by atoms with Gasteiger partial charge in [0, 0.05) is 38.3 Å². The van der Waals surface area contributed by atoms with Crippen molar-refractivity contribution in [3.8, 4) is 0 Å². The molecule has 6 heteroatoms. The van der Waals surface area contributed by atoms with Gasteiger partial charge in [0.25, 0.3) is 0 Å². The summed E-state index contributed by atoms with van der Waals surface area (Å²) in [6, 6.07) is 23.6. The fourth-order valence-corrected chi connectivity index (χ4v) is 3.06. The molecule has 0 saturated heterocycles. The first-order valence-corrected chi connectivity index (χ1v) is 10.3. The Bertz CT molecular complexity index is 950. The lowest BCUT2D eigenvalue weighted by Crippen LogP contribution is -2.48. The van der Waals surface area contributed by atoms with Gasteiger partial charge in [0.2, 0.25) is 0 Å². The van der Waals surface area contributed by atoms with E-state index in [1.165, 1.54) is 0 Å². The molecular formula is C25H27N3O3. The molecule has 160 valence electrons. The number of nitrogens with one attached hydrogen (secondary N) is 1. The molecule has 3 rings (SSSR count). The summed E-state index contributed by atoms with van der Waals surface area (Å²) in [4.78, 5) is 31.4. The van der Waals surface area contributed by atoms with Crippen molar-refractivity contribution >= 4 is 12.0 Å². The number of likely N-dealkylation sites (N-methyl/N-ethyl adjacent to an activating group) is 1. The minimum absolute atomic E-state index is 0.163. The van der Waals surface area contributed by atoms with Crippen LogP contribution in [0.2, 0.25) is 0 Å². The second kappa shape index (κ2) is 11.5. The summed E-state index contributed by atoms with van der Waals surface area (Å²) in [5, 5.41) is 2.83. The molecule has 2 aromatic carbocycles. The van der Waals surface area contributed by atoms with Crippen LogP contribution in [-0.4, -0.2) is 41.5 Å². The topological polar surface area (TPSA) is 71.5 Å². The van der Waals surface area contributed by atoms with Crippen LogP contribution in [0.25, 0.3) is 0 Å². The third kappa shape index (κ3) is 7.26. The van der Waals surface area contributed by atoms with Crippen molar-refractivity contribution in [1.82, 2.24) is 15.2 Å².